The molecular formula is C15H25N3O3. The van der Waals surface area contributed by atoms with Gasteiger partial charge in [-0.2, -0.15) is 5.26 Å². The van der Waals surface area contributed by atoms with Crippen molar-refractivity contribution in [2.45, 2.75) is 57.3 Å². The smallest absolute Gasteiger partial charge is 0.410 e. The van der Waals surface area contributed by atoms with Crippen LogP contribution in [0.5, 0.6) is 0 Å². The highest BCUT2D eigenvalue weighted by Crippen LogP contribution is 2.31. The molecule has 2 fully saturated rings. The molecule has 0 aromatic carbocycles. The van der Waals surface area contributed by atoms with Crippen LogP contribution < -0.4 is 0 Å². The van der Waals surface area contributed by atoms with Crippen molar-refractivity contribution in [2.75, 3.05) is 26.2 Å². The third kappa shape index (κ3) is 3.66. The zero-order valence-electron chi connectivity index (χ0n) is 13.1. The largest absolute Gasteiger partial charge is 0.444 e. The van der Waals surface area contributed by atoms with E-state index >= 15 is 0 Å². The maximum atomic E-state index is 12.1. The van der Waals surface area contributed by atoms with Crippen LogP contribution in [0.4, 0.5) is 4.79 Å². The number of rotatable bonds is 1. The van der Waals surface area contributed by atoms with Gasteiger partial charge < -0.3 is 14.7 Å². The summed E-state index contributed by atoms with van der Waals surface area (Å²) < 4.78 is 5.38. The van der Waals surface area contributed by atoms with Crippen molar-refractivity contribution in [3.05, 3.63) is 0 Å². The predicted octanol–water partition coefficient (Wildman–Crippen LogP) is 1.35. The zero-order valence-corrected chi connectivity index (χ0v) is 13.1. The molecule has 0 bridgehead atoms. The van der Waals surface area contributed by atoms with Crippen LogP contribution in [0.3, 0.4) is 0 Å². The summed E-state index contributed by atoms with van der Waals surface area (Å²) in [6, 6.07) is 2.40. The Balaban J connectivity index is 2.01. The van der Waals surface area contributed by atoms with Crippen LogP contribution in [0.15, 0.2) is 0 Å². The molecule has 0 aliphatic carbocycles. The monoisotopic (exact) mass is 295 g/mol. The summed E-state index contributed by atoms with van der Waals surface area (Å²) in [5, 5.41) is 19.2. The minimum Gasteiger partial charge on any atom is -0.444 e. The standard InChI is InChI=1S/C15H25N3O3/c1-14(2,3)21-13(20)17-9-6-15(10-16,11-17)18-7-4-12(19)5-8-18/h12,19H,4-9,11H2,1-3H3/t15-/m0/s1. The molecule has 0 unspecified atom stereocenters. The van der Waals surface area contributed by atoms with E-state index in [1.165, 1.54) is 0 Å². The fourth-order valence-electron chi connectivity index (χ4n) is 2.99. The number of aliphatic hydroxyl groups is 1. The molecule has 0 radical (unpaired) electrons. The molecule has 2 aliphatic rings. The number of hydrogen-bond acceptors (Lipinski definition) is 5. The molecule has 1 N–H and O–H groups in total. The van der Waals surface area contributed by atoms with Crippen molar-refractivity contribution in [1.29, 1.82) is 5.26 Å². The number of amides is 1. The van der Waals surface area contributed by atoms with Gasteiger partial charge in [0.05, 0.1) is 18.7 Å². The van der Waals surface area contributed by atoms with E-state index in [0.717, 1.165) is 0 Å². The molecule has 0 aromatic rings. The molecule has 2 rings (SSSR count). The highest BCUT2D eigenvalue weighted by Gasteiger charge is 2.46. The van der Waals surface area contributed by atoms with E-state index in [1.54, 1.807) is 4.90 Å². The van der Waals surface area contributed by atoms with Gasteiger partial charge in [-0.3, -0.25) is 4.90 Å². The van der Waals surface area contributed by atoms with Gasteiger partial charge in [-0.05, 0) is 40.0 Å². The number of nitriles is 1. The average Bonchev–Trinajstić information content (AvgIpc) is 2.83. The topological polar surface area (TPSA) is 76.8 Å². The summed E-state index contributed by atoms with van der Waals surface area (Å²) in [5.41, 5.74) is -1.15. The minimum atomic E-state index is -0.628. The summed E-state index contributed by atoms with van der Waals surface area (Å²) in [4.78, 5) is 15.9. The number of carbonyl (C=O) groups excluding carboxylic acids is 1. The molecule has 6 heteroatoms. The first-order chi connectivity index (χ1) is 9.76. The van der Waals surface area contributed by atoms with Crippen LogP contribution in [0.25, 0.3) is 0 Å². The van der Waals surface area contributed by atoms with E-state index in [9.17, 15) is 15.2 Å². The first kappa shape index (κ1) is 16.1. The van der Waals surface area contributed by atoms with Crippen molar-refractivity contribution in [3.8, 4) is 6.07 Å². The summed E-state index contributed by atoms with van der Waals surface area (Å²) in [7, 11) is 0. The van der Waals surface area contributed by atoms with Gasteiger partial charge in [0.25, 0.3) is 0 Å². The van der Waals surface area contributed by atoms with Crippen molar-refractivity contribution in [2.24, 2.45) is 0 Å². The van der Waals surface area contributed by atoms with Crippen LogP contribution >= 0.6 is 0 Å². The second kappa shape index (κ2) is 5.82. The lowest BCUT2D eigenvalue weighted by Crippen LogP contribution is -2.54. The van der Waals surface area contributed by atoms with E-state index in [1.807, 2.05) is 20.8 Å². The second-order valence-corrected chi connectivity index (χ2v) is 7.01. The molecule has 21 heavy (non-hydrogen) atoms. The molecule has 1 atom stereocenters. The van der Waals surface area contributed by atoms with Gasteiger partial charge in [0.1, 0.15) is 11.1 Å². The third-order valence-corrected chi connectivity index (χ3v) is 4.18. The average molecular weight is 295 g/mol. The maximum absolute atomic E-state index is 12.1. The molecular weight excluding hydrogens is 270 g/mol. The Kier molecular flexibility index (Phi) is 4.45. The molecule has 0 aromatic heterocycles. The Bertz CT molecular complexity index is 432. The summed E-state index contributed by atoms with van der Waals surface area (Å²) in [6.07, 6.45) is 1.40. The fraction of sp³-hybridized carbons (Fsp3) is 0.867. The SMILES string of the molecule is CC(C)(C)OC(=O)N1CC[C@@](C#N)(N2CCC(O)CC2)C1. The number of nitrogens with zero attached hydrogens (tertiary/aromatic N) is 3. The first-order valence-corrected chi connectivity index (χ1v) is 7.58. The number of piperidine rings is 1. The summed E-state index contributed by atoms with van der Waals surface area (Å²) >= 11 is 0. The lowest BCUT2D eigenvalue weighted by atomic mass is 9.94. The van der Waals surface area contributed by atoms with Gasteiger partial charge in [0, 0.05) is 19.6 Å². The molecule has 1 amide bonds. The summed E-state index contributed by atoms with van der Waals surface area (Å²) in [5.74, 6) is 0. The predicted molar refractivity (Wildman–Crippen MR) is 77.6 cm³/mol. The van der Waals surface area contributed by atoms with E-state index in [0.29, 0.717) is 45.4 Å². The van der Waals surface area contributed by atoms with Gasteiger partial charge in [-0.25, -0.2) is 4.79 Å². The molecule has 2 aliphatic heterocycles. The highest BCUT2D eigenvalue weighted by molar-refractivity contribution is 5.69. The van der Waals surface area contributed by atoms with Crippen LogP contribution in [0.1, 0.15) is 40.0 Å². The van der Waals surface area contributed by atoms with Crippen LogP contribution in [0.2, 0.25) is 0 Å². The number of aliphatic hydroxyl groups excluding tert-OH is 1. The van der Waals surface area contributed by atoms with Gasteiger partial charge in [-0.1, -0.05) is 0 Å². The Morgan fingerprint density at radius 3 is 2.48 bits per heavy atom. The van der Waals surface area contributed by atoms with Crippen molar-refractivity contribution < 1.29 is 14.6 Å². The van der Waals surface area contributed by atoms with E-state index in [4.69, 9.17) is 4.74 Å². The Morgan fingerprint density at radius 1 is 1.33 bits per heavy atom. The van der Waals surface area contributed by atoms with Crippen molar-refractivity contribution >= 4 is 6.09 Å². The lowest BCUT2D eigenvalue weighted by Gasteiger charge is -2.39. The molecule has 2 heterocycles. The van der Waals surface area contributed by atoms with Crippen LogP contribution in [-0.2, 0) is 4.74 Å². The quantitative estimate of drug-likeness (QED) is 0.790. The maximum Gasteiger partial charge on any atom is 0.410 e. The van der Waals surface area contributed by atoms with E-state index in [-0.39, 0.29) is 12.2 Å². The number of ether oxygens (including phenoxy) is 1. The Hall–Kier alpha value is -1.32. The fourth-order valence-corrected chi connectivity index (χ4v) is 2.99. The summed E-state index contributed by atoms with van der Waals surface area (Å²) in [6.45, 7) is 7.85. The minimum absolute atomic E-state index is 0.264. The van der Waals surface area contributed by atoms with Crippen molar-refractivity contribution in [3.63, 3.8) is 0 Å². The van der Waals surface area contributed by atoms with E-state index in [2.05, 4.69) is 11.0 Å². The second-order valence-electron chi connectivity index (χ2n) is 7.01. The first-order valence-electron chi connectivity index (χ1n) is 7.58. The zero-order chi connectivity index (χ0) is 15.7. The highest BCUT2D eigenvalue weighted by atomic mass is 16.6. The van der Waals surface area contributed by atoms with Crippen molar-refractivity contribution in [1.82, 2.24) is 9.80 Å². The Morgan fingerprint density at radius 2 is 1.95 bits per heavy atom. The molecule has 2 saturated heterocycles. The molecule has 118 valence electrons. The molecule has 0 saturated carbocycles. The number of hydrogen-bond donors (Lipinski definition) is 1. The van der Waals surface area contributed by atoms with Crippen LogP contribution in [-0.4, -0.2) is 64.4 Å². The van der Waals surface area contributed by atoms with E-state index < -0.39 is 11.1 Å². The van der Waals surface area contributed by atoms with Gasteiger partial charge in [-0.15, -0.1) is 0 Å². The van der Waals surface area contributed by atoms with Crippen LogP contribution in [0, 0.1) is 11.3 Å². The van der Waals surface area contributed by atoms with Gasteiger partial charge >= 0.3 is 6.09 Å². The number of carbonyl (C=O) groups is 1. The molecule has 0 spiro atoms. The Labute approximate surface area is 126 Å². The van der Waals surface area contributed by atoms with Gasteiger partial charge in [0.2, 0.25) is 0 Å². The van der Waals surface area contributed by atoms with Gasteiger partial charge in [0.15, 0.2) is 0 Å². The number of likely N-dealkylation sites (tertiary alicyclic amines) is 2. The molecule has 6 nitrogen and oxygen atoms in total. The lowest BCUT2D eigenvalue weighted by molar-refractivity contribution is 0.0200. The third-order valence-electron chi connectivity index (χ3n) is 4.18. The normalized spacial score (nSPS) is 28.4.